The van der Waals surface area contributed by atoms with Crippen LogP contribution < -0.4 is 20.3 Å². The van der Waals surface area contributed by atoms with Crippen molar-refractivity contribution in [3.8, 4) is 5.75 Å². The van der Waals surface area contributed by atoms with Crippen LogP contribution in [0.1, 0.15) is 28.9 Å². The van der Waals surface area contributed by atoms with Crippen molar-refractivity contribution in [2.24, 2.45) is 0 Å². The van der Waals surface area contributed by atoms with E-state index >= 15 is 0 Å². The molecule has 33 heavy (non-hydrogen) atoms. The molecule has 1 fully saturated rings. The first-order chi connectivity index (χ1) is 15.7. The van der Waals surface area contributed by atoms with Gasteiger partial charge in [-0.15, -0.1) is 13.2 Å². The number of nitrogens with zero attached hydrogens (tertiary/aromatic N) is 3. The van der Waals surface area contributed by atoms with E-state index in [0.717, 1.165) is 55.3 Å². The van der Waals surface area contributed by atoms with Crippen molar-refractivity contribution in [1.29, 1.82) is 0 Å². The molecule has 2 N–H and O–H groups in total. The molecule has 1 aromatic heterocycles. The number of amides is 1. The lowest BCUT2D eigenvalue weighted by Gasteiger charge is -2.17. The number of carbonyl (C=O) groups excluding carboxylic acids is 1. The van der Waals surface area contributed by atoms with Crippen molar-refractivity contribution in [3.05, 3.63) is 65.9 Å². The second-order valence-electron chi connectivity index (χ2n) is 7.62. The predicted octanol–water partition coefficient (Wildman–Crippen LogP) is 5.28. The van der Waals surface area contributed by atoms with Gasteiger partial charge in [0.15, 0.2) is 0 Å². The monoisotopic (exact) mass is 457 g/mol. The average Bonchev–Trinajstić information content (AvgIpc) is 3.29. The number of halogens is 3. The Morgan fingerprint density at radius 3 is 2.39 bits per heavy atom. The van der Waals surface area contributed by atoms with Gasteiger partial charge in [-0.3, -0.25) is 4.79 Å². The highest BCUT2D eigenvalue weighted by Gasteiger charge is 2.31. The molecule has 172 valence electrons. The van der Waals surface area contributed by atoms with Crippen molar-refractivity contribution >= 4 is 29.0 Å². The molecule has 2 aromatic carbocycles. The lowest BCUT2D eigenvalue weighted by molar-refractivity contribution is -0.274. The number of hydrogen-bond donors (Lipinski definition) is 2. The van der Waals surface area contributed by atoms with Crippen LogP contribution in [0, 0.1) is 6.92 Å². The van der Waals surface area contributed by atoms with E-state index in [-0.39, 0.29) is 5.56 Å². The second kappa shape index (κ2) is 9.35. The average molecular weight is 457 g/mol. The summed E-state index contributed by atoms with van der Waals surface area (Å²) in [6.07, 6.45) is -2.52. The normalized spacial score (nSPS) is 13.6. The molecule has 4 rings (SSSR count). The fourth-order valence-corrected chi connectivity index (χ4v) is 3.52. The Balaban J connectivity index is 1.41. The molecule has 0 aliphatic carbocycles. The quantitative estimate of drug-likeness (QED) is 0.524. The Hall–Kier alpha value is -3.82. The van der Waals surface area contributed by atoms with Gasteiger partial charge in [0.1, 0.15) is 11.6 Å². The summed E-state index contributed by atoms with van der Waals surface area (Å²) in [6.45, 7) is 3.88. The summed E-state index contributed by atoms with van der Waals surface area (Å²) in [5.74, 6) is 0.361. The number of aromatic nitrogens is 2. The minimum absolute atomic E-state index is 0.0431. The molecule has 0 atom stereocenters. The second-order valence-corrected chi connectivity index (χ2v) is 7.62. The number of nitrogens with one attached hydrogen (secondary N) is 2. The standard InChI is InChI=1S/C23H22F3N5O2/c1-15-13-20(31-11-2-3-12-31)30-22(27-15)29-18-9-7-17(8-10-18)28-21(32)16-5-4-6-19(14-16)33-23(24,25)26/h4-10,13-14H,2-3,11-12H2,1H3,(H,28,32)(H,27,29,30). The molecule has 2 heterocycles. The van der Waals surface area contributed by atoms with Crippen LogP contribution in [0.4, 0.5) is 36.3 Å². The molecule has 0 unspecified atom stereocenters. The van der Waals surface area contributed by atoms with Gasteiger partial charge >= 0.3 is 6.36 Å². The Morgan fingerprint density at radius 2 is 1.70 bits per heavy atom. The van der Waals surface area contributed by atoms with E-state index in [2.05, 4.69) is 30.2 Å². The van der Waals surface area contributed by atoms with Crippen molar-refractivity contribution in [2.45, 2.75) is 26.1 Å². The van der Waals surface area contributed by atoms with Crippen LogP contribution in [0.15, 0.2) is 54.6 Å². The van der Waals surface area contributed by atoms with Crippen LogP contribution in [-0.4, -0.2) is 35.3 Å². The molecule has 0 bridgehead atoms. The first-order valence-electron chi connectivity index (χ1n) is 10.4. The Bertz CT molecular complexity index is 1130. The number of rotatable bonds is 6. The van der Waals surface area contributed by atoms with E-state index in [1.165, 1.54) is 12.1 Å². The lowest BCUT2D eigenvalue weighted by Crippen LogP contribution is -2.19. The van der Waals surface area contributed by atoms with Gasteiger partial charge in [-0.2, -0.15) is 4.98 Å². The van der Waals surface area contributed by atoms with E-state index in [4.69, 9.17) is 0 Å². The summed E-state index contributed by atoms with van der Waals surface area (Å²) in [5.41, 5.74) is 2.11. The maximum atomic E-state index is 12.4. The molecule has 1 saturated heterocycles. The van der Waals surface area contributed by atoms with Gasteiger partial charge in [-0.1, -0.05) is 6.07 Å². The predicted molar refractivity (Wildman–Crippen MR) is 119 cm³/mol. The first-order valence-corrected chi connectivity index (χ1v) is 10.4. The van der Waals surface area contributed by atoms with E-state index in [0.29, 0.717) is 11.6 Å². The third-order valence-corrected chi connectivity index (χ3v) is 5.00. The van der Waals surface area contributed by atoms with Crippen LogP contribution in [0.25, 0.3) is 0 Å². The fraction of sp³-hybridized carbons (Fsp3) is 0.261. The van der Waals surface area contributed by atoms with Gasteiger partial charge in [0.2, 0.25) is 5.95 Å². The Labute approximate surface area is 188 Å². The third-order valence-electron chi connectivity index (χ3n) is 5.00. The zero-order chi connectivity index (χ0) is 23.4. The SMILES string of the molecule is Cc1cc(N2CCCC2)nc(Nc2ccc(NC(=O)c3cccc(OC(F)(F)F)c3)cc2)n1. The third kappa shape index (κ3) is 6.12. The summed E-state index contributed by atoms with van der Waals surface area (Å²) in [5, 5.41) is 5.82. The summed E-state index contributed by atoms with van der Waals surface area (Å²) >= 11 is 0. The number of carbonyl (C=O) groups is 1. The maximum absolute atomic E-state index is 12.4. The Kier molecular flexibility index (Phi) is 6.34. The van der Waals surface area contributed by atoms with Gasteiger partial charge in [-0.05, 0) is 62.2 Å². The van der Waals surface area contributed by atoms with Crippen molar-refractivity contribution in [2.75, 3.05) is 28.6 Å². The van der Waals surface area contributed by atoms with Crippen molar-refractivity contribution in [1.82, 2.24) is 9.97 Å². The first kappa shape index (κ1) is 22.4. The largest absolute Gasteiger partial charge is 0.573 e. The highest BCUT2D eigenvalue weighted by molar-refractivity contribution is 6.04. The smallest absolute Gasteiger partial charge is 0.406 e. The molecular formula is C23H22F3N5O2. The maximum Gasteiger partial charge on any atom is 0.573 e. The topological polar surface area (TPSA) is 79.4 Å². The van der Waals surface area contributed by atoms with Gasteiger partial charge in [0, 0.05) is 41.8 Å². The highest BCUT2D eigenvalue weighted by Crippen LogP contribution is 2.25. The zero-order valence-electron chi connectivity index (χ0n) is 17.8. The van der Waals surface area contributed by atoms with E-state index in [9.17, 15) is 18.0 Å². The van der Waals surface area contributed by atoms with Gasteiger partial charge < -0.3 is 20.3 Å². The van der Waals surface area contributed by atoms with Crippen LogP contribution in [0.2, 0.25) is 0 Å². The molecule has 10 heteroatoms. The van der Waals surface area contributed by atoms with Gasteiger partial charge in [0.05, 0.1) is 0 Å². The van der Waals surface area contributed by atoms with Crippen LogP contribution in [0.5, 0.6) is 5.75 Å². The molecule has 1 aliphatic heterocycles. The van der Waals surface area contributed by atoms with E-state index in [1.807, 2.05) is 13.0 Å². The number of alkyl halides is 3. The van der Waals surface area contributed by atoms with Crippen molar-refractivity contribution in [3.63, 3.8) is 0 Å². The van der Waals surface area contributed by atoms with Crippen LogP contribution in [0.3, 0.4) is 0 Å². The summed E-state index contributed by atoms with van der Waals surface area (Å²) in [7, 11) is 0. The van der Waals surface area contributed by atoms with Crippen LogP contribution >= 0.6 is 0 Å². The van der Waals surface area contributed by atoms with Crippen molar-refractivity contribution < 1.29 is 22.7 Å². The number of hydrogen-bond acceptors (Lipinski definition) is 6. The molecule has 3 aromatic rings. The van der Waals surface area contributed by atoms with Crippen LogP contribution in [-0.2, 0) is 0 Å². The Morgan fingerprint density at radius 1 is 1.00 bits per heavy atom. The molecule has 0 radical (unpaired) electrons. The number of benzene rings is 2. The summed E-state index contributed by atoms with van der Waals surface area (Å²) < 4.78 is 41.1. The minimum Gasteiger partial charge on any atom is -0.406 e. The summed E-state index contributed by atoms with van der Waals surface area (Å²) in [6, 6.07) is 13.7. The fourth-order valence-electron chi connectivity index (χ4n) is 3.52. The van der Waals surface area contributed by atoms with E-state index < -0.39 is 18.0 Å². The molecule has 0 saturated carbocycles. The van der Waals surface area contributed by atoms with Gasteiger partial charge in [-0.25, -0.2) is 4.98 Å². The molecule has 0 spiro atoms. The molecular weight excluding hydrogens is 435 g/mol. The zero-order valence-corrected chi connectivity index (χ0v) is 17.8. The molecule has 1 amide bonds. The summed E-state index contributed by atoms with van der Waals surface area (Å²) in [4.78, 5) is 23.7. The molecule has 1 aliphatic rings. The van der Waals surface area contributed by atoms with Gasteiger partial charge in [0.25, 0.3) is 5.91 Å². The number of anilines is 4. The minimum atomic E-state index is -4.83. The highest BCUT2D eigenvalue weighted by atomic mass is 19.4. The van der Waals surface area contributed by atoms with E-state index in [1.54, 1.807) is 24.3 Å². The number of aryl methyl sites for hydroxylation is 1. The molecule has 7 nitrogen and oxygen atoms in total. The number of ether oxygens (including phenoxy) is 1. The lowest BCUT2D eigenvalue weighted by atomic mass is 10.2.